The van der Waals surface area contributed by atoms with Crippen LogP contribution in [0.3, 0.4) is 0 Å². The smallest absolute Gasteiger partial charge is 0.0452 e. The molecule has 0 fully saturated rings. The van der Waals surface area contributed by atoms with Crippen molar-refractivity contribution < 1.29 is 0 Å². The molecule has 0 aromatic heterocycles. The minimum absolute atomic E-state index is 0.275. The van der Waals surface area contributed by atoms with E-state index in [4.69, 9.17) is 0 Å². The zero-order valence-electron chi connectivity index (χ0n) is 30.1. The highest BCUT2D eigenvalue weighted by Crippen LogP contribution is 2.47. The molecule has 4 aromatic rings. The van der Waals surface area contributed by atoms with Crippen LogP contribution in [0.2, 0.25) is 0 Å². The second-order valence-electron chi connectivity index (χ2n) is 14.3. The van der Waals surface area contributed by atoms with Crippen LogP contribution in [0.15, 0.2) is 72.8 Å². The van der Waals surface area contributed by atoms with E-state index in [1.54, 1.807) is 0 Å². The quantitative estimate of drug-likeness (QED) is 0.130. The van der Waals surface area contributed by atoms with Crippen molar-refractivity contribution in [1.29, 1.82) is 0 Å². The van der Waals surface area contributed by atoms with Crippen LogP contribution in [0, 0.1) is 55.4 Å². The third kappa shape index (κ3) is 8.56. The third-order valence-electron chi connectivity index (χ3n) is 9.60. The second-order valence-corrected chi connectivity index (χ2v) is 14.3. The maximum atomic E-state index is 2.83. The maximum absolute atomic E-state index is 2.83. The van der Waals surface area contributed by atoms with Gasteiger partial charge in [0.1, 0.15) is 0 Å². The maximum Gasteiger partial charge on any atom is 0.0452 e. The fraction of sp³-hybridized carbons (Fsp3) is 0.455. The second kappa shape index (κ2) is 15.4. The van der Waals surface area contributed by atoms with Crippen LogP contribution >= 0.6 is 0 Å². The lowest BCUT2D eigenvalue weighted by atomic mass is 9.64. The molecule has 0 radical (unpaired) electrons. The van der Waals surface area contributed by atoms with E-state index < -0.39 is 0 Å². The van der Waals surface area contributed by atoms with Gasteiger partial charge >= 0.3 is 0 Å². The molecule has 240 valence electrons. The van der Waals surface area contributed by atoms with Gasteiger partial charge in [-0.25, -0.2) is 0 Å². The van der Waals surface area contributed by atoms with E-state index in [0.717, 1.165) is 25.9 Å². The van der Waals surface area contributed by atoms with E-state index in [0.29, 0.717) is 6.04 Å². The van der Waals surface area contributed by atoms with E-state index in [1.807, 2.05) is 0 Å². The van der Waals surface area contributed by atoms with Crippen molar-refractivity contribution in [3.05, 3.63) is 140 Å². The summed E-state index contributed by atoms with van der Waals surface area (Å²) in [4.78, 5) is 2.83. The standard InChI is InChI=1S/C44H59N/c1-11-13-17-45(18-14-12-2)43(39-23-31(3)19-32(4)24-39)15-16-44(40-25-33(5)20-34(6)26-40,41-27-35(7)21-36(8)28-41)42-29-37(9)22-38(10)30-42/h19-30,43H,11-18H2,1-10H3. The molecule has 0 heterocycles. The van der Waals surface area contributed by atoms with Gasteiger partial charge in [-0.2, -0.15) is 0 Å². The SMILES string of the molecule is CCCCN(CCCC)C(CCC(c1cc(C)cc(C)c1)(c1cc(C)cc(C)c1)c1cc(C)cc(C)c1)c1cc(C)cc(C)c1. The molecule has 1 nitrogen and oxygen atoms in total. The summed E-state index contributed by atoms with van der Waals surface area (Å²) in [7, 11) is 0. The van der Waals surface area contributed by atoms with Crippen molar-refractivity contribution in [2.75, 3.05) is 13.1 Å². The Morgan fingerprint density at radius 2 is 0.778 bits per heavy atom. The molecule has 4 rings (SSSR count). The molecule has 0 spiro atoms. The Morgan fingerprint density at radius 3 is 1.09 bits per heavy atom. The first kappa shape index (κ1) is 34.7. The molecule has 0 aliphatic heterocycles. The molecule has 1 atom stereocenters. The molecule has 0 aliphatic carbocycles. The van der Waals surface area contributed by atoms with Gasteiger partial charge in [-0.05, 0) is 116 Å². The van der Waals surface area contributed by atoms with E-state index in [1.165, 1.54) is 92.4 Å². The Morgan fingerprint density at radius 1 is 0.467 bits per heavy atom. The fourth-order valence-electron chi connectivity index (χ4n) is 7.86. The summed E-state index contributed by atoms with van der Waals surface area (Å²) in [5.41, 5.74) is 16.2. The van der Waals surface area contributed by atoms with Gasteiger partial charge in [0.05, 0.1) is 0 Å². The predicted octanol–water partition coefficient (Wildman–Crippen LogP) is 11.9. The number of nitrogens with zero attached hydrogens (tertiary/aromatic N) is 1. The first-order chi connectivity index (χ1) is 21.4. The van der Waals surface area contributed by atoms with Crippen LogP contribution < -0.4 is 0 Å². The average Bonchev–Trinajstić information content (AvgIpc) is 2.94. The number of rotatable bonds is 14. The van der Waals surface area contributed by atoms with Crippen LogP contribution in [0.5, 0.6) is 0 Å². The summed E-state index contributed by atoms with van der Waals surface area (Å²) in [6.45, 7) is 25.1. The summed E-state index contributed by atoms with van der Waals surface area (Å²) in [6.07, 6.45) is 7.04. The molecule has 45 heavy (non-hydrogen) atoms. The molecule has 0 aliphatic rings. The van der Waals surface area contributed by atoms with Crippen molar-refractivity contribution in [2.45, 2.75) is 119 Å². The van der Waals surface area contributed by atoms with Crippen molar-refractivity contribution in [3.8, 4) is 0 Å². The largest absolute Gasteiger partial charge is 0.296 e. The van der Waals surface area contributed by atoms with Crippen molar-refractivity contribution in [1.82, 2.24) is 4.90 Å². The van der Waals surface area contributed by atoms with Crippen molar-refractivity contribution in [2.24, 2.45) is 0 Å². The Bertz CT molecular complexity index is 1360. The Balaban J connectivity index is 2.01. The first-order valence-electron chi connectivity index (χ1n) is 17.5. The van der Waals surface area contributed by atoms with Gasteiger partial charge in [0, 0.05) is 11.5 Å². The highest BCUT2D eigenvalue weighted by atomic mass is 15.1. The van der Waals surface area contributed by atoms with Gasteiger partial charge in [-0.15, -0.1) is 0 Å². The fourth-order valence-corrected chi connectivity index (χ4v) is 7.86. The molecular weight excluding hydrogens is 542 g/mol. The number of hydrogen-bond donors (Lipinski definition) is 0. The normalized spacial score (nSPS) is 12.6. The summed E-state index contributed by atoms with van der Waals surface area (Å²) >= 11 is 0. The molecular formula is C44H59N. The molecule has 0 saturated carbocycles. The van der Waals surface area contributed by atoms with Crippen LogP contribution in [0.25, 0.3) is 0 Å². The molecule has 0 amide bonds. The lowest BCUT2D eigenvalue weighted by Crippen LogP contribution is -2.35. The van der Waals surface area contributed by atoms with Gasteiger partial charge in [-0.1, -0.05) is 144 Å². The summed E-state index contributed by atoms with van der Waals surface area (Å²) in [5, 5.41) is 0. The van der Waals surface area contributed by atoms with Gasteiger partial charge < -0.3 is 0 Å². The number of aryl methyl sites for hydroxylation is 8. The zero-order valence-corrected chi connectivity index (χ0v) is 30.1. The molecule has 0 bridgehead atoms. The Labute approximate surface area is 276 Å². The number of unbranched alkanes of at least 4 members (excludes halogenated alkanes) is 2. The van der Waals surface area contributed by atoms with Crippen molar-refractivity contribution in [3.63, 3.8) is 0 Å². The van der Waals surface area contributed by atoms with E-state index >= 15 is 0 Å². The van der Waals surface area contributed by atoms with Gasteiger partial charge in [0.15, 0.2) is 0 Å². The number of hydrogen-bond acceptors (Lipinski definition) is 1. The average molecular weight is 602 g/mol. The third-order valence-corrected chi connectivity index (χ3v) is 9.60. The minimum Gasteiger partial charge on any atom is -0.296 e. The monoisotopic (exact) mass is 601 g/mol. The Hall–Kier alpha value is -3.16. The van der Waals surface area contributed by atoms with Crippen LogP contribution in [-0.4, -0.2) is 18.0 Å². The highest BCUT2D eigenvalue weighted by Gasteiger charge is 2.38. The lowest BCUT2D eigenvalue weighted by Gasteiger charge is -2.40. The van der Waals surface area contributed by atoms with Crippen molar-refractivity contribution >= 4 is 0 Å². The molecule has 4 aromatic carbocycles. The lowest BCUT2D eigenvalue weighted by molar-refractivity contribution is 0.174. The van der Waals surface area contributed by atoms with Gasteiger partial charge in [0.2, 0.25) is 0 Å². The van der Waals surface area contributed by atoms with Gasteiger partial charge in [-0.3, -0.25) is 4.90 Å². The first-order valence-corrected chi connectivity index (χ1v) is 17.5. The summed E-state index contributed by atoms with van der Waals surface area (Å²) in [6, 6.07) is 29.4. The van der Waals surface area contributed by atoms with E-state index in [9.17, 15) is 0 Å². The molecule has 1 heteroatoms. The predicted molar refractivity (Wildman–Crippen MR) is 197 cm³/mol. The highest BCUT2D eigenvalue weighted by molar-refractivity contribution is 5.55. The van der Waals surface area contributed by atoms with Crippen LogP contribution in [0.4, 0.5) is 0 Å². The minimum atomic E-state index is -0.275. The zero-order chi connectivity index (χ0) is 32.7. The van der Waals surface area contributed by atoms with Crippen LogP contribution in [-0.2, 0) is 5.41 Å². The van der Waals surface area contributed by atoms with E-state index in [2.05, 4.69) is 147 Å². The molecule has 0 saturated heterocycles. The van der Waals surface area contributed by atoms with Crippen LogP contribution in [0.1, 0.15) is 125 Å². The van der Waals surface area contributed by atoms with Gasteiger partial charge in [0.25, 0.3) is 0 Å². The topological polar surface area (TPSA) is 3.24 Å². The molecule has 0 N–H and O–H groups in total. The summed E-state index contributed by atoms with van der Waals surface area (Å²) in [5.74, 6) is 0. The molecule has 1 unspecified atom stereocenters. The number of benzene rings is 4. The Kier molecular flexibility index (Phi) is 11.9. The summed E-state index contributed by atoms with van der Waals surface area (Å²) < 4.78 is 0. The van der Waals surface area contributed by atoms with E-state index in [-0.39, 0.29) is 5.41 Å².